The molecule has 0 radical (unpaired) electrons. The van der Waals surface area contributed by atoms with E-state index in [2.05, 4.69) is 36.7 Å². The van der Waals surface area contributed by atoms with E-state index in [1.54, 1.807) is 0 Å². The predicted molar refractivity (Wildman–Crippen MR) is 84.6 cm³/mol. The molecule has 0 saturated heterocycles. The van der Waals surface area contributed by atoms with E-state index in [0.29, 0.717) is 0 Å². The van der Waals surface area contributed by atoms with Crippen LogP contribution in [-0.4, -0.2) is 23.4 Å². The van der Waals surface area contributed by atoms with Gasteiger partial charge in [0, 0.05) is 17.1 Å². The Bertz CT molecular complexity index is 431. The summed E-state index contributed by atoms with van der Waals surface area (Å²) in [4.78, 5) is 14.7. The summed E-state index contributed by atoms with van der Waals surface area (Å²) in [6, 6.07) is 6.15. The zero-order chi connectivity index (χ0) is 14.4. The largest absolute Gasteiger partial charge is 0.336 e. The molecule has 0 spiro atoms. The van der Waals surface area contributed by atoms with E-state index in [1.807, 2.05) is 30.0 Å². The van der Waals surface area contributed by atoms with Crippen molar-refractivity contribution in [2.45, 2.75) is 53.0 Å². The van der Waals surface area contributed by atoms with Crippen LogP contribution in [0.25, 0.3) is 0 Å². The summed E-state index contributed by atoms with van der Waals surface area (Å²) in [6.45, 7) is 9.26. The van der Waals surface area contributed by atoms with Crippen LogP contribution in [0.4, 0.5) is 0 Å². The second-order valence-electron chi connectivity index (χ2n) is 5.05. The summed E-state index contributed by atoms with van der Waals surface area (Å²) in [5.41, 5.74) is 1.88. The van der Waals surface area contributed by atoms with Gasteiger partial charge in [-0.1, -0.05) is 32.4 Å². The van der Waals surface area contributed by atoms with Gasteiger partial charge in [-0.15, -0.1) is 0 Å². The molecule has 0 aliphatic heterocycles. The molecular formula is C16H24BrNO. The number of hydrogen-bond acceptors (Lipinski definition) is 1. The number of halogens is 1. The average Bonchev–Trinajstić information content (AvgIpc) is 2.41. The second-order valence-corrected chi connectivity index (χ2v) is 5.84. The second kappa shape index (κ2) is 7.68. The molecule has 3 heteroatoms. The lowest BCUT2D eigenvalue weighted by atomic mass is 10.1. The molecule has 1 aromatic carbocycles. The van der Waals surface area contributed by atoms with E-state index in [-0.39, 0.29) is 11.9 Å². The molecule has 0 aliphatic carbocycles. The molecule has 1 atom stereocenters. The van der Waals surface area contributed by atoms with Gasteiger partial charge in [-0.05, 0) is 54.2 Å². The molecule has 0 fully saturated rings. The number of nitrogens with zero attached hydrogens (tertiary/aromatic N) is 1. The molecule has 0 saturated carbocycles. The van der Waals surface area contributed by atoms with E-state index < -0.39 is 0 Å². The number of carbonyl (C=O) groups is 1. The van der Waals surface area contributed by atoms with Gasteiger partial charge in [0.2, 0.25) is 0 Å². The first-order valence-corrected chi connectivity index (χ1v) is 7.88. The molecule has 1 rings (SSSR count). The van der Waals surface area contributed by atoms with E-state index in [0.717, 1.165) is 41.4 Å². The van der Waals surface area contributed by atoms with Crippen LogP contribution >= 0.6 is 15.9 Å². The first-order chi connectivity index (χ1) is 9.02. The molecule has 0 aromatic heterocycles. The Morgan fingerprint density at radius 3 is 2.63 bits per heavy atom. The zero-order valence-corrected chi connectivity index (χ0v) is 14.0. The van der Waals surface area contributed by atoms with Gasteiger partial charge >= 0.3 is 0 Å². The lowest BCUT2D eigenvalue weighted by Gasteiger charge is -2.29. The topological polar surface area (TPSA) is 20.3 Å². The average molecular weight is 326 g/mol. The van der Waals surface area contributed by atoms with E-state index in [1.165, 1.54) is 0 Å². The number of aryl methyl sites for hydroxylation is 1. The van der Waals surface area contributed by atoms with Gasteiger partial charge in [0.1, 0.15) is 0 Å². The summed E-state index contributed by atoms with van der Waals surface area (Å²) >= 11 is 3.54. The maximum atomic E-state index is 12.7. The Morgan fingerprint density at radius 2 is 2.05 bits per heavy atom. The van der Waals surface area contributed by atoms with Crippen LogP contribution in [0.1, 0.15) is 56.0 Å². The SMILES string of the molecule is CCCCN(C(=O)c1cccc(C)c1Br)C(C)CC. The van der Waals surface area contributed by atoms with Crippen LogP contribution in [0.3, 0.4) is 0 Å². The summed E-state index contributed by atoms with van der Waals surface area (Å²) in [7, 11) is 0. The number of amides is 1. The normalized spacial score (nSPS) is 12.3. The van der Waals surface area contributed by atoms with Crippen molar-refractivity contribution in [1.29, 1.82) is 0 Å². The van der Waals surface area contributed by atoms with Crippen molar-refractivity contribution in [2.75, 3.05) is 6.54 Å². The van der Waals surface area contributed by atoms with Crippen LogP contribution < -0.4 is 0 Å². The highest BCUT2D eigenvalue weighted by Gasteiger charge is 2.22. The summed E-state index contributed by atoms with van der Waals surface area (Å²) < 4.78 is 0.921. The van der Waals surface area contributed by atoms with Gasteiger partial charge in [-0.2, -0.15) is 0 Å². The quantitative estimate of drug-likeness (QED) is 0.735. The Morgan fingerprint density at radius 1 is 1.37 bits per heavy atom. The van der Waals surface area contributed by atoms with Crippen LogP contribution in [0.15, 0.2) is 22.7 Å². The van der Waals surface area contributed by atoms with Crippen molar-refractivity contribution in [2.24, 2.45) is 0 Å². The maximum absolute atomic E-state index is 12.7. The molecule has 1 amide bonds. The van der Waals surface area contributed by atoms with Crippen molar-refractivity contribution in [3.8, 4) is 0 Å². The van der Waals surface area contributed by atoms with Crippen molar-refractivity contribution >= 4 is 21.8 Å². The standard InChI is InChI=1S/C16H24BrNO/c1-5-7-11-18(13(4)6-2)16(19)14-10-8-9-12(3)15(14)17/h8-10,13H,5-7,11H2,1-4H3. The monoisotopic (exact) mass is 325 g/mol. The van der Waals surface area contributed by atoms with Crippen molar-refractivity contribution in [3.05, 3.63) is 33.8 Å². The molecule has 1 unspecified atom stereocenters. The van der Waals surface area contributed by atoms with E-state index >= 15 is 0 Å². The predicted octanol–water partition coefficient (Wildman–Crippen LogP) is 4.80. The first kappa shape index (κ1) is 16.2. The van der Waals surface area contributed by atoms with Gasteiger partial charge in [-0.3, -0.25) is 4.79 Å². The Kier molecular flexibility index (Phi) is 6.56. The van der Waals surface area contributed by atoms with Gasteiger partial charge in [0.25, 0.3) is 5.91 Å². The fraction of sp³-hybridized carbons (Fsp3) is 0.562. The molecule has 2 nitrogen and oxygen atoms in total. The fourth-order valence-corrected chi connectivity index (χ4v) is 2.47. The van der Waals surface area contributed by atoms with Gasteiger partial charge in [-0.25, -0.2) is 0 Å². The number of unbranched alkanes of at least 4 members (excludes halogenated alkanes) is 1. The van der Waals surface area contributed by atoms with Crippen LogP contribution in [0, 0.1) is 6.92 Å². The smallest absolute Gasteiger partial charge is 0.255 e. The third-order valence-electron chi connectivity index (χ3n) is 3.56. The summed E-state index contributed by atoms with van der Waals surface area (Å²) in [5.74, 6) is 0.137. The summed E-state index contributed by atoms with van der Waals surface area (Å²) in [5, 5.41) is 0. The molecule has 1 aromatic rings. The van der Waals surface area contributed by atoms with Crippen LogP contribution in [0.5, 0.6) is 0 Å². The van der Waals surface area contributed by atoms with Crippen molar-refractivity contribution < 1.29 is 4.79 Å². The molecule has 0 aliphatic rings. The minimum absolute atomic E-state index is 0.137. The lowest BCUT2D eigenvalue weighted by molar-refractivity contribution is 0.0684. The van der Waals surface area contributed by atoms with Crippen molar-refractivity contribution in [1.82, 2.24) is 4.90 Å². The lowest BCUT2D eigenvalue weighted by Crippen LogP contribution is -2.39. The molecule has 106 valence electrons. The molecule has 0 bridgehead atoms. The molecule has 0 heterocycles. The Labute approximate surface area is 125 Å². The first-order valence-electron chi connectivity index (χ1n) is 7.08. The van der Waals surface area contributed by atoms with E-state index in [4.69, 9.17) is 0 Å². The number of rotatable bonds is 6. The number of hydrogen-bond donors (Lipinski definition) is 0. The summed E-state index contributed by atoms with van der Waals surface area (Å²) in [6.07, 6.45) is 3.15. The highest BCUT2D eigenvalue weighted by atomic mass is 79.9. The number of benzene rings is 1. The zero-order valence-electron chi connectivity index (χ0n) is 12.4. The minimum atomic E-state index is 0.137. The Hall–Kier alpha value is -0.830. The third-order valence-corrected chi connectivity index (χ3v) is 4.61. The number of carbonyl (C=O) groups excluding carboxylic acids is 1. The van der Waals surface area contributed by atoms with Gasteiger partial charge < -0.3 is 4.90 Å². The Balaban J connectivity index is 3.01. The van der Waals surface area contributed by atoms with Gasteiger partial charge in [0.05, 0.1) is 5.56 Å². The molecule has 19 heavy (non-hydrogen) atoms. The maximum Gasteiger partial charge on any atom is 0.255 e. The third kappa shape index (κ3) is 4.07. The highest BCUT2D eigenvalue weighted by molar-refractivity contribution is 9.10. The van der Waals surface area contributed by atoms with Gasteiger partial charge in [0.15, 0.2) is 0 Å². The molecular weight excluding hydrogens is 302 g/mol. The fourth-order valence-electron chi connectivity index (χ4n) is 2.04. The van der Waals surface area contributed by atoms with Crippen LogP contribution in [-0.2, 0) is 0 Å². The minimum Gasteiger partial charge on any atom is -0.336 e. The highest BCUT2D eigenvalue weighted by Crippen LogP contribution is 2.23. The van der Waals surface area contributed by atoms with Crippen molar-refractivity contribution in [3.63, 3.8) is 0 Å². The molecule has 0 N–H and O–H groups in total. The van der Waals surface area contributed by atoms with E-state index in [9.17, 15) is 4.79 Å². The van der Waals surface area contributed by atoms with Crippen LogP contribution in [0.2, 0.25) is 0 Å².